The fraction of sp³-hybridized carbons (Fsp3) is 0.200. The normalized spacial score (nSPS) is 10.5. The molecule has 0 saturated heterocycles. The van der Waals surface area contributed by atoms with Crippen molar-refractivity contribution >= 4 is 21.4 Å². The van der Waals surface area contributed by atoms with E-state index in [1.54, 1.807) is 18.4 Å². The van der Waals surface area contributed by atoms with Crippen molar-refractivity contribution in [2.75, 3.05) is 7.11 Å². The lowest BCUT2D eigenvalue weighted by molar-refractivity contribution is 0.421. The van der Waals surface area contributed by atoms with E-state index in [4.69, 9.17) is 4.74 Å². The van der Waals surface area contributed by atoms with E-state index >= 15 is 0 Å². The Kier molecular flexibility index (Phi) is 1.77. The molecular formula is C10H10OS. The minimum Gasteiger partial charge on any atom is -0.495 e. The van der Waals surface area contributed by atoms with Gasteiger partial charge in [-0.1, -0.05) is 12.1 Å². The highest BCUT2D eigenvalue weighted by Crippen LogP contribution is 2.33. The van der Waals surface area contributed by atoms with Crippen LogP contribution >= 0.6 is 11.3 Å². The van der Waals surface area contributed by atoms with Crippen LogP contribution in [-0.4, -0.2) is 7.11 Å². The van der Waals surface area contributed by atoms with Gasteiger partial charge in [0.2, 0.25) is 0 Å². The number of fused-ring (bicyclic) bond motifs is 1. The molecule has 1 aromatic carbocycles. The predicted octanol–water partition coefficient (Wildman–Crippen LogP) is 3.22. The third-order valence-corrected chi connectivity index (χ3v) is 3.09. The van der Waals surface area contributed by atoms with E-state index in [1.807, 2.05) is 0 Å². The van der Waals surface area contributed by atoms with Crippen LogP contribution in [0.2, 0.25) is 0 Å². The van der Waals surface area contributed by atoms with E-state index in [0.29, 0.717) is 0 Å². The van der Waals surface area contributed by atoms with Crippen molar-refractivity contribution < 1.29 is 4.74 Å². The van der Waals surface area contributed by atoms with Crippen molar-refractivity contribution in [1.29, 1.82) is 0 Å². The summed E-state index contributed by atoms with van der Waals surface area (Å²) in [5.41, 5.74) is 1.32. The number of hydrogen-bond donors (Lipinski definition) is 0. The molecule has 0 spiro atoms. The summed E-state index contributed by atoms with van der Waals surface area (Å²) >= 11 is 1.74. The molecule has 2 rings (SSSR count). The fourth-order valence-corrected chi connectivity index (χ4v) is 2.33. The Morgan fingerprint density at radius 3 is 2.92 bits per heavy atom. The fourth-order valence-electron chi connectivity index (χ4n) is 1.34. The summed E-state index contributed by atoms with van der Waals surface area (Å²) in [6, 6.07) is 6.28. The van der Waals surface area contributed by atoms with Gasteiger partial charge >= 0.3 is 0 Å². The zero-order chi connectivity index (χ0) is 8.55. The van der Waals surface area contributed by atoms with Crippen LogP contribution < -0.4 is 4.74 Å². The first-order chi connectivity index (χ1) is 5.83. The van der Waals surface area contributed by atoms with Crippen LogP contribution in [0.1, 0.15) is 5.56 Å². The van der Waals surface area contributed by atoms with Crippen molar-refractivity contribution in [1.82, 2.24) is 0 Å². The summed E-state index contributed by atoms with van der Waals surface area (Å²) in [5.74, 6) is 0.985. The van der Waals surface area contributed by atoms with Crippen molar-refractivity contribution in [3.05, 3.63) is 29.1 Å². The minimum atomic E-state index is 0.985. The van der Waals surface area contributed by atoms with E-state index < -0.39 is 0 Å². The van der Waals surface area contributed by atoms with Crippen molar-refractivity contribution in [2.24, 2.45) is 0 Å². The van der Waals surface area contributed by atoms with Crippen molar-refractivity contribution in [3.63, 3.8) is 0 Å². The molecular weight excluding hydrogens is 168 g/mol. The third-order valence-electron chi connectivity index (χ3n) is 1.98. The first kappa shape index (κ1) is 7.62. The van der Waals surface area contributed by atoms with E-state index in [-0.39, 0.29) is 0 Å². The molecule has 62 valence electrons. The van der Waals surface area contributed by atoms with Gasteiger partial charge in [0.05, 0.1) is 7.11 Å². The Hall–Kier alpha value is -1.02. The SMILES string of the molecule is COc1csc2c(C)cccc12. The van der Waals surface area contributed by atoms with Crippen LogP contribution in [0.15, 0.2) is 23.6 Å². The predicted molar refractivity (Wildman–Crippen MR) is 53.1 cm³/mol. The summed E-state index contributed by atoms with van der Waals surface area (Å²) < 4.78 is 6.56. The Morgan fingerprint density at radius 1 is 1.33 bits per heavy atom. The quantitative estimate of drug-likeness (QED) is 0.651. The lowest BCUT2D eigenvalue weighted by Gasteiger charge is -1.97. The Morgan fingerprint density at radius 2 is 2.17 bits per heavy atom. The topological polar surface area (TPSA) is 9.23 Å². The van der Waals surface area contributed by atoms with Crippen LogP contribution in [0.3, 0.4) is 0 Å². The Labute approximate surface area is 75.6 Å². The van der Waals surface area contributed by atoms with Gasteiger partial charge in [0.25, 0.3) is 0 Å². The van der Waals surface area contributed by atoms with Gasteiger partial charge in [-0.05, 0) is 18.6 Å². The Balaban J connectivity index is 2.80. The highest BCUT2D eigenvalue weighted by Gasteiger charge is 2.04. The number of aryl methyl sites for hydroxylation is 1. The number of hydrogen-bond acceptors (Lipinski definition) is 2. The molecule has 1 heterocycles. The average Bonchev–Trinajstić information content (AvgIpc) is 2.49. The van der Waals surface area contributed by atoms with Crippen LogP contribution in [-0.2, 0) is 0 Å². The molecule has 0 atom stereocenters. The standard InChI is InChI=1S/C10H10OS/c1-7-4-3-5-8-9(11-2)6-12-10(7)8/h3-6H,1-2H3. The maximum atomic E-state index is 5.23. The molecule has 0 aliphatic carbocycles. The molecule has 1 aromatic heterocycles. The van der Waals surface area contributed by atoms with Gasteiger partial charge in [-0.15, -0.1) is 11.3 Å². The van der Waals surface area contributed by atoms with E-state index in [2.05, 4.69) is 30.5 Å². The summed E-state index contributed by atoms with van der Waals surface area (Å²) in [4.78, 5) is 0. The molecule has 0 saturated carbocycles. The molecule has 2 heteroatoms. The largest absolute Gasteiger partial charge is 0.495 e. The van der Waals surface area contributed by atoms with Gasteiger partial charge in [0.1, 0.15) is 5.75 Å². The van der Waals surface area contributed by atoms with Gasteiger partial charge in [0.15, 0.2) is 0 Å². The molecule has 12 heavy (non-hydrogen) atoms. The molecule has 1 nitrogen and oxygen atoms in total. The summed E-state index contributed by atoms with van der Waals surface area (Å²) in [5, 5.41) is 3.28. The highest BCUT2D eigenvalue weighted by molar-refractivity contribution is 7.17. The van der Waals surface area contributed by atoms with Gasteiger partial charge in [-0.3, -0.25) is 0 Å². The third kappa shape index (κ3) is 0.994. The Bertz CT molecular complexity index is 403. The van der Waals surface area contributed by atoms with Gasteiger partial charge in [-0.25, -0.2) is 0 Å². The second kappa shape index (κ2) is 2.79. The molecule has 0 fully saturated rings. The van der Waals surface area contributed by atoms with Crippen LogP contribution in [0.25, 0.3) is 10.1 Å². The maximum absolute atomic E-state index is 5.23. The molecule has 0 unspecified atom stereocenters. The number of rotatable bonds is 1. The summed E-state index contributed by atoms with van der Waals surface area (Å²) in [7, 11) is 1.71. The number of methoxy groups -OCH3 is 1. The van der Waals surface area contributed by atoms with Crippen molar-refractivity contribution in [2.45, 2.75) is 6.92 Å². The average molecular weight is 178 g/mol. The molecule has 0 radical (unpaired) electrons. The second-order valence-electron chi connectivity index (χ2n) is 2.76. The lowest BCUT2D eigenvalue weighted by Crippen LogP contribution is -1.79. The van der Waals surface area contributed by atoms with Crippen LogP contribution in [0.5, 0.6) is 5.75 Å². The molecule has 0 bridgehead atoms. The smallest absolute Gasteiger partial charge is 0.137 e. The van der Waals surface area contributed by atoms with E-state index in [0.717, 1.165) is 5.75 Å². The first-order valence-corrected chi connectivity index (χ1v) is 4.71. The van der Waals surface area contributed by atoms with Crippen LogP contribution in [0.4, 0.5) is 0 Å². The van der Waals surface area contributed by atoms with Crippen LogP contribution in [0, 0.1) is 6.92 Å². The van der Waals surface area contributed by atoms with Gasteiger partial charge in [0, 0.05) is 15.5 Å². The summed E-state index contributed by atoms with van der Waals surface area (Å²) in [6.45, 7) is 2.12. The van der Waals surface area contributed by atoms with E-state index in [1.165, 1.54) is 15.6 Å². The lowest BCUT2D eigenvalue weighted by atomic mass is 10.2. The first-order valence-electron chi connectivity index (χ1n) is 3.83. The van der Waals surface area contributed by atoms with Crippen molar-refractivity contribution in [3.8, 4) is 5.75 Å². The molecule has 0 amide bonds. The van der Waals surface area contributed by atoms with Gasteiger partial charge < -0.3 is 4.74 Å². The monoisotopic (exact) mass is 178 g/mol. The second-order valence-corrected chi connectivity index (χ2v) is 3.64. The number of benzene rings is 1. The zero-order valence-electron chi connectivity index (χ0n) is 7.13. The van der Waals surface area contributed by atoms with Gasteiger partial charge in [-0.2, -0.15) is 0 Å². The molecule has 0 N–H and O–H groups in total. The van der Waals surface area contributed by atoms with E-state index in [9.17, 15) is 0 Å². The number of ether oxygens (including phenoxy) is 1. The maximum Gasteiger partial charge on any atom is 0.137 e. The summed E-state index contributed by atoms with van der Waals surface area (Å²) in [6.07, 6.45) is 0. The number of thiophene rings is 1. The highest BCUT2D eigenvalue weighted by atomic mass is 32.1. The molecule has 0 aliphatic heterocycles. The zero-order valence-corrected chi connectivity index (χ0v) is 7.94. The molecule has 2 aromatic rings. The minimum absolute atomic E-state index is 0.985. The molecule has 0 aliphatic rings.